The quantitative estimate of drug-likeness (QED) is 0.714. The van der Waals surface area contributed by atoms with Crippen LogP contribution in [0.25, 0.3) is 0 Å². The number of aliphatic hydroxyl groups is 1. The molecule has 0 radical (unpaired) electrons. The van der Waals surface area contributed by atoms with Gasteiger partial charge in [-0.3, -0.25) is 4.90 Å². The molecule has 1 saturated heterocycles. The maximum atomic E-state index is 12.2. The van der Waals surface area contributed by atoms with E-state index >= 15 is 0 Å². The van der Waals surface area contributed by atoms with E-state index < -0.39 is 0 Å². The molecular formula is C14H22N4O2. The topological polar surface area (TPSA) is 81.8 Å². The van der Waals surface area contributed by atoms with Crippen LogP contribution in [0.2, 0.25) is 0 Å². The van der Waals surface area contributed by atoms with E-state index in [1.807, 2.05) is 4.90 Å². The second kappa shape index (κ2) is 7.12. The van der Waals surface area contributed by atoms with E-state index in [0.29, 0.717) is 18.8 Å². The highest BCUT2D eigenvalue weighted by atomic mass is 16.3. The highest BCUT2D eigenvalue weighted by Crippen LogP contribution is 2.12. The number of urea groups is 1. The van der Waals surface area contributed by atoms with Crippen molar-refractivity contribution in [3.05, 3.63) is 24.3 Å². The van der Waals surface area contributed by atoms with Gasteiger partial charge in [0.05, 0.1) is 6.61 Å². The van der Waals surface area contributed by atoms with E-state index in [4.69, 9.17) is 10.8 Å². The number of rotatable bonds is 3. The monoisotopic (exact) mass is 278 g/mol. The van der Waals surface area contributed by atoms with Crippen molar-refractivity contribution in [1.29, 1.82) is 0 Å². The Labute approximate surface area is 119 Å². The maximum Gasteiger partial charge on any atom is 0.321 e. The Kier molecular flexibility index (Phi) is 5.20. The van der Waals surface area contributed by atoms with Crippen LogP contribution in [0.1, 0.15) is 6.42 Å². The minimum atomic E-state index is -0.0828. The van der Waals surface area contributed by atoms with Gasteiger partial charge in [-0.25, -0.2) is 4.79 Å². The standard InChI is InChI=1S/C14H22N4O2/c15-12-2-4-13(5-3-12)16-14(20)18-7-1-6-17(8-9-18)10-11-19/h2-5,19H,1,6-11,15H2,(H,16,20). The Morgan fingerprint density at radius 2 is 1.95 bits per heavy atom. The first kappa shape index (κ1) is 14.6. The number of hydrogen-bond donors (Lipinski definition) is 3. The van der Waals surface area contributed by atoms with E-state index in [9.17, 15) is 4.79 Å². The summed E-state index contributed by atoms with van der Waals surface area (Å²) >= 11 is 0. The molecule has 0 spiro atoms. The maximum absolute atomic E-state index is 12.2. The van der Waals surface area contributed by atoms with Gasteiger partial charge in [0.1, 0.15) is 0 Å². The molecule has 1 fully saturated rings. The number of nitrogen functional groups attached to an aromatic ring is 1. The lowest BCUT2D eigenvalue weighted by Gasteiger charge is -2.22. The summed E-state index contributed by atoms with van der Waals surface area (Å²) in [5.41, 5.74) is 7.04. The third-order valence-electron chi connectivity index (χ3n) is 3.45. The molecule has 1 heterocycles. The average Bonchev–Trinajstić information content (AvgIpc) is 2.67. The van der Waals surface area contributed by atoms with Crippen LogP contribution in [-0.2, 0) is 0 Å². The molecule has 1 aromatic rings. The molecule has 4 N–H and O–H groups in total. The van der Waals surface area contributed by atoms with Crippen molar-refractivity contribution in [3.63, 3.8) is 0 Å². The fourth-order valence-electron chi connectivity index (χ4n) is 2.31. The molecule has 0 atom stereocenters. The summed E-state index contributed by atoms with van der Waals surface area (Å²) in [6.07, 6.45) is 0.926. The summed E-state index contributed by atoms with van der Waals surface area (Å²) < 4.78 is 0. The fraction of sp³-hybridized carbons (Fsp3) is 0.500. The molecular weight excluding hydrogens is 256 g/mol. The Morgan fingerprint density at radius 3 is 2.65 bits per heavy atom. The lowest BCUT2D eigenvalue weighted by atomic mass is 10.3. The number of nitrogens with two attached hydrogens (primary N) is 1. The van der Waals surface area contributed by atoms with Gasteiger partial charge < -0.3 is 21.1 Å². The van der Waals surface area contributed by atoms with Crippen molar-refractivity contribution in [2.75, 3.05) is 50.4 Å². The molecule has 0 bridgehead atoms. The van der Waals surface area contributed by atoms with Gasteiger partial charge in [-0.05, 0) is 37.2 Å². The number of carbonyl (C=O) groups is 1. The smallest absolute Gasteiger partial charge is 0.321 e. The number of aliphatic hydroxyl groups excluding tert-OH is 1. The van der Waals surface area contributed by atoms with Gasteiger partial charge >= 0.3 is 6.03 Å². The van der Waals surface area contributed by atoms with Crippen LogP contribution >= 0.6 is 0 Å². The summed E-state index contributed by atoms with van der Waals surface area (Å²) in [6, 6.07) is 7.04. The van der Waals surface area contributed by atoms with Gasteiger partial charge in [0.15, 0.2) is 0 Å². The van der Waals surface area contributed by atoms with Crippen molar-refractivity contribution in [2.24, 2.45) is 0 Å². The van der Waals surface area contributed by atoms with Gasteiger partial charge in [0.2, 0.25) is 0 Å². The lowest BCUT2D eigenvalue weighted by molar-refractivity contribution is 0.194. The molecule has 1 aliphatic rings. The second-order valence-corrected chi connectivity index (χ2v) is 4.96. The Morgan fingerprint density at radius 1 is 1.20 bits per heavy atom. The lowest BCUT2D eigenvalue weighted by Crippen LogP contribution is -2.38. The number of nitrogens with one attached hydrogen (secondary N) is 1. The summed E-state index contributed by atoms with van der Waals surface area (Å²) in [5, 5.41) is 11.8. The van der Waals surface area contributed by atoms with Crippen molar-refractivity contribution >= 4 is 17.4 Å². The molecule has 0 aromatic heterocycles. The Bertz CT molecular complexity index is 435. The normalized spacial score (nSPS) is 16.8. The highest BCUT2D eigenvalue weighted by molar-refractivity contribution is 5.89. The summed E-state index contributed by atoms with van der Waals surface area (Å²) in [6.45, 7) is 3.98. The third kappa shape index (κ3) is 4.11. The third-order valence-corrected chi connectivity index (χ3v) is 3.45. The predicted octanol–water partition coefficient (Wildman–Crippen LogP) is 0.801. The molecule has 1 aromatic carbocycles. The molecule has 0 aliphatic carbocycles. The zero-order chi connectivity index (χ0) is 14.4. The molecule has 110 valence electrons. The first-order valence-corrected chi connectivity index (χ1v) is 6.94. The van der Waals surface area contributed by atoms with Crippen LogP contribution in [0.3, 0.4) is 0 Å². The van der Waals surface area contributed by atoms with Gasteiger partial charge in [-0.1, -0.05) is 0 Å². The molecule has 20 heavy (non-hydrogen) atoms. The SMILES string of the molecule is Nc1ccc(NC(=O)N2CCCN(CCO)CC2)cc1. The van der Waals surface area contributed by atoms with Crippen molar-refractivity contribution < 1.29 is 9.90 Å². The van der Waals surface area contributed by atoms with Crippen LogP contribution in [0.5, 0.6) is 0 Å². The molecule has 2 amide bonds. The number of nitrogens with zero attached hydrogens (tertiary/aromatic N) is 2. The van der Waals surface area contributed by atoms with Crippen molar-refractivity contribution in [3.8, 4) is 0 Å². The summed E-state index contributed by atoms with van der Waals surface area (Å²) in [4.78, 5) is 16.2. The van der Waals surface area contributed by atoms with Crippen molar-refractivity contribution in [2.45, 2.75) is 6.42 Å². The number of amides is 2. The minimum absolute atomic E-state index is 0.0828. The first-order valence-electron chi connectivity index (χ1n) is 6.94. The number of hydrogen-bond acceptors (Lipinski definition) is 4. The molecule has 0 unspecified atom stereocenters. The Hall–Kier alpha value is -1.79. The molecule has 0 saturated carbocycles. The van der Waals surface area contributed by atoms with Crippen LogP contribution in [0, 0.1) is 0 Å². The van der Waals surface area contributed by atoms with E-state index in [0.717, 1.165) is 31.7 Å². The van der Waals surface area contributed by atoms with Crippen LogP contribution in [-0.4, -0.2) is 60.3 Å². The molecule has 1 aliphatic heterocycles. The van der Waals surface area contributed by atoms with E-state index in [1.165, 1.54) is 0 Å². The zero-order valence-corrected chi connectivity index (χ0v) is 11.6. The largest absolute Gasteiger partial charge is 0.399 e. The number of anilines is 2. The van der Waals surface area contributed by atoms with Gasteiger partial charge in [0, 0.05) is 37.6 Å². The minimum Gasteiger partial charge on any atom is -0.399 e. The number of carbonyl (C=O) groups excluding carboxylic acids is 1. The molecule has 6 nitrogen and oxygen atoms in total. The summed E-state index contributed by atoms with van der Waals surface area (Å²) in [5.74, 6) is 0. The van der Waals surface area contributed by atoms with Crippen LogP contribution in [0.4, 0.5) is 16.2 Å². The van der Waals surface area contributed by atoms with E-state index in [1.54, 1.807) is 24.3 Å². The molecule has 6 heteroatoms. The van der Waals surface area contributed by atoms with Gasteiger partial charge in [-0.15, -0.1) is 0 Å². The second-order valence-electron chi connectivity index (χ2n) is 4.96. The average molecular weight is 278 g/mol. The van der Waals surface area contributed by atoms with E-state index in [-0.39, 0.29) is 12.6 Å². The summed E-state index contributed by atoms with van der Waals surface area (Å²) in [7, 11) is 0. The number of β-amino-alcohol motifs (C(OH)–C–C–N with tert-alkyl or cyclic N) is 1. The first-order chi connectivity index (χ1) is 9.69. The van der Waals surface area contributed by atoms with E-state index in [2.05, 4.69) is 10.2 Å². The number of benzene rings is 1. The van der Waals surface area contributed by atoms with Gasteiger partial charge in [-0.2, -0.15) is 0 Å². The van der Waals surface area contributed by atoms with Crippen LogP contribution in [0.15, 0.2) is 24.3 Å². The van der Waals surface area contributed by atoms with Crippen LogP contribution < -0.4 is 11.1 Å². The van der Waals surface area contributed by atoms with Gasteiger partial charge in [0.25, 0.3) is 0 Å². The molecule has 2 rings (SSSR count). The Balaban J connectivity index is 1.87. The zero-order valence-electron chi connectivity index (χ0n) is 11.6. The predicted molar refractivity (Wildman–Crippen MR) is 79.6 cm³/mol. The highest BCUT2D eigenvalue weighted by Gasteiger charge is 2.18. The fourth-order valence-corrected chi connectivity index (χ4v) is 2.31. The van der Waals surface area contributed by atoms with Crippen molar-refractivity contribution in [1.82, 2.24) is 9.80 Å².